The maximum atomic E-state index is 13.6. The smallest absolute Gasteiger partial charge is 0.248 e. The van der Waals surface area contributed by atoms with Gasteiger partial charge >= 0.3 is 0 Å². The summed E-state index contributed by atoms with van der Waals surface area (Å²) < 4.78 is 13.6. The summed E-state index contributed by atoms with van der Waals surface area (Å²) in [5.41, 5.74) is 5.67. The Bertz CT molecular complexity index is 451. The van der Waals surface area contributed by atoms with E-state index >= 15 is 0 Å². The van der Waals surface area contributed by atoms with E-state index in [0.717, 1.165) is 12.5 Å². The van der Waals surface area contributed by atoms with Crippen molar-refractivity contribution in [1.29, 1.82) is 0 Å². The molecule has 0 spiro atoms. The summed E-state index contributed by atoms with van der Waals surface area (Å²) in [5.74, 6) is 1.47. The maximum Gasteiger partial charge on any atom is 0.248 e. The highest BCUT2D eigenvalue weighted by Gasteiger charge is 2.08. The molecule has 1 amide bonds. The number of carbonyl (C=O) groups is 1. The van der Waals surface area contributed by atoms with E-state index in [1.54, 1.807) is 0 Å². The number of rotatable bonds is 5. The molecule has 0 aromatic heterocycles. The number of halogens is 1. The van der Waals surface area contributed by atoms with Crippen molar-refractivity contribution in [2.45, 2.75) is 25.9 Å². The fourth-order valence-electron chi connectivity index (χ4n) is 1.40. The Kier molecular flexibility index (Phi) is 4.68. The number of benzene rings is 1. The third-order valence-electron chi connectivity index (χ3n) is 2.49. The third-order valence-corrected chi connectivity index (χ3v) is 2.49. The molecule has 1 unspecified atom stereocenters. The Hall–Kier alpha value is -1.86. The fraction of sp³-hybridized carbons (Fsp3) is 0.308. The van der Waals surface area contributed by atoms with Crippen molar-refractivity contribution in [3.63, 3.8) is 0 Å². The quantitative estimate of drug-likeness (QED) is 0.757. The molecule has 0 bridgehead atoms. The van der Waals surface area contributed by atoms with Gasteiger partial charge in [-0.3, -0.25) is 10.1 Å². The molecular formula is C13H15FN2O. The molecule has 0 radical (unpaired) electrons. The van der Waals surface area contributed by atoms with E-state index in [2.05, 4.69) is 11.2 Å². The topological polar surface area (TPSA) is 55.1 Å². The summed E-state index contributed by atoms with van der Waals surface area (Å²) in [7, 11) is 0. The molecule has 3 N–H and O–H groups in total. The second-order valence-electron chi connectivity index (χ2n) is 3.68. The molecule has 90 valence electrons. The number of carbonyl (C=O) groups excluding carboxylic acids is 1. The first-order chi connectivity index (χ1) is 8.08. The number of hydrogen-bond acceptors (Lipinski definition) is 2. The van der Waals surface area contributed by atoms with Gasteiger partial charge in [-0.15, -0.1) is 6.42 Å². The number of terminal acetylenes is 1. The largest absolute Gasteiger partial charge is 0.366 e. The zero-order chi connectivity index (χ0) is 12.8. The highest BCUT2D eigenvalue weighted by Crippen LogP contribution is 2.10. The first-order valence-electron chi connectivity index (χ1n) is 5.36. The summed E-state index contributed by atoms with van der Waals surface area (Å²) in [6.45, 7) is 2.28. The van der Waals surface area contributed by atoms with Crippen LogP contribution in [0.15, 0.2) is 18.2 Å². The molecule has 17 heavy (non-hydrogen) atoms. The minimum Gasteiger partial charge on any atom is -0.366 e. The number of amides is 1. The Labute approximate surface area is 100 Å². The summed E-state index contributed by atoms with van der Waals surface area (Å²) in [6.07, 6.45) is 6.06. The van der Waals surface area contributed by atoms with Crippen molar-refractivity contribution in [2.24, 2.45) is 5.73 Å². The van der Waals surface area contributed by atoms with Crippen LogP contribution in [0.3, 0.4) is 0 Å². The van der Waals surface area contributed by atoms with Crippen LogP contribution in [0.2, 0.25) is 0 Å². The van der Waals surface area contributed by atoms with Crippen molar-refractivity contribution in [1.82, 2.24) is 5.32 Å². The van der Waals surface area contributed by atoms with Crippen molar-refractivity contribution in [3.8, 4) is 12.3 Å². The lowest BCUT2D eigenvalue weighted by molar-refractivity contribution is 0.1000. The Morgan fingerprint density at radius 3 is 2.82 bits per heavy atom. The molecule has 4 heteroatoms. The van der Waals surface area contributed by atoms with Crippen molar-refractivity contribution in [3.05, 3.63) is 35.1 Å². The number of hydrogen-bond donors (Lipinski definition) is 2. The SMILES string of the molecule is C#CC(CC)NCc1ccc(C(N)=O)cc1F. The molecule has 0 aliphatic heterocycles. The lowest BCUT2D eigenvalue weighted by Crippen LogP contribution is -2.26. The van der Waals surface area contributed by atoms with Gasteiger partial charge in [-0.2, -0.15) is 0 Å². The van der Waals surface area contributed by atoms with E-state index in [-0.39, 0.29) is 11.6 Å². The second kappa shape index (κ2) is 6.02. The van der Waals surface area contributed by atoms with E-state index in [1.807, 2.05) is 6.92 Å². The van der Waals surface area contributed by atoms with Gasteiger partial charge in [-0.1, -0.05) is 18.9 Å². The van der Waals surface area contributed by atoms with Gasteiger partial charge in [0.1, 0.15) is 5.82 Å². The Morgan fingerprint density at radius 1 is 1.65 bits per heavy atom. The van der Waals surface area contributed by atoms with Crippen LogP contribution in [0, 0.1) is 18.2 Å². The van der Waals surface area contributed by atoms with Gasteiger partial charge in [0.15, 0.2) is 0 Å². The predicted molar refractivity (Wildman–Crippen MR) is 64.7 cm³/mol. The minimum absolute atomic E-state index is 0.0785. The van der Waals surface area contributed by atoms with Crippen LogP contribution in [0.4, 0.5) is 4.39 Å². The number of primary amides is 1. The zero-order valence-electron chi connectivity index (χ0n) is 9.66. The van der Waals surface area contributed by atoms with E-state index < -0.39 is 11.7 Å². The number of nitrogens with two attached hydrogens (primary N) is 1. The standard InChI is InChI=1S/C13H15FN2O/c1-3-11(4-2)16-8-10-6-5-9(13(15)17)7-12(10)14/h1,5-7,11,16H,4,8H2,2H3,(H2,15,17). The monoisotopic (exact) mass is 234 g/mol. The van der Waals surface area contributed by atoms with Crippen molar-refractivity contribution < 1.29 is 9.18 Å². The molecule has 0 saturated carbocycles. The molecule has 0 saturated heterocycles. The summed E-state index contributed by atoms with van der Waals surface area (Å²) in [4.78, 5) is 10.8. The number of nitrogens with one attached hydrogen (secondary N) is 1. The van der Waals surface area contributed by atoms with E-state index in [0.29, 0.717) is 12.1 Å². The van der Waals surface area contributed by atoms with Crippen molar-refractivity contribution in [2.75, 3.05) is 0 Å². The first-order valence-corrected chi connectivity index (χ1v) is 5.36. The lowest BCUT2D eigenvalue weighted by Gasteiger charge is -2.11. The van der Waals surface area contributed by atoms with Gasteiger partial charge in [0, 0.05) is 17.7 Å². The highest BCUT2D eigenvalue weighted by atomic mass is 19.1. The van der Waals surface area contributed by atoms with Crippen LogP contribution in [0.5, 0.6) is 0 Å². The molecular weight excluding hydrogens is 219 g/mol. The average Bonchev–Trinajstić information content (AvgIpc) is 2.31. The van der Waals surface area contributed by atoms with Gasteiger partial charge in [0.05, 0.1) is 6.04 Å². The molecule has 0 aliphatic carbocycles. The van der Waals surface area contributed by atoms with Crippen LogP contribution in [0.25, 0.3) is 0 Å². The predicted octanol–water partition coefficient (Wildman–Crippen LogP) is 1.43. The Balaban J connectivity index is 2.73. The van der Waals surface area contributed by atoms with Gasteiger partial charge < -0.3 is 5.73 Å². The summed E-state index contributed by atoms with van der Waals surface area (Å²) >= 11 is 0. The van der Waals surface area contributed by atoms with Gasteiger partial charge in [0.2, 0.25) is 5.91 Å². The molecule has 3 nitrogen and oxygen atoms in total. The molecule has 0 heterocycles. The molecule has 0 fully saturated rings. The summed E-state index contributed by atoms with van der Waals surface area (Å²) in [6, 6.07) is 4.09. The maximum absolute atomic E-state index is 13.6. The van der Waals surface area contributed by atoms with Gasteiger partial charge in [-0.05, 0) is 18.6 Å². The van der Waals surface area contributed by atoms with Crippen LogP contribution in [-0.4, -0.2) is 11.9 Å². The molecule has 1 aromatic carbocycles. The zero-order valence-corrected chi connectivity index (χ0v) is 9.66. The Morgan fingerprint density at radius 2 is 2.35 bits per heavy atom. The molecule has 1 atom stereocenters. The molecule has 0 aliphatic rings. The fourth-order valence-corrected chi connectivity index (χ4v) is 1.40. The lowest BCUT2D eigenvalue weighted by atomic mass is 10.1. The first kappa shape index (κ1) is 13.2. The van der Waals surface area contributed by atoms with Crippen LogP contribution in [0.1, 0.15) is 29.3 Å². The van der Waals surface area contributed by atoms with Crippen LogP contribution in [-0.2, 0) is 6.54 Å². The molecule has 1 rings (SSSR count). The average molecular weight is 234 g/mol. The van der Waals surface area contributed by atoms with E-state index in [4.69, 9.17) is 12.2 Å². The van der Waals surface area contributed by atoms with Crippen molar-refractivity contribution >= 4 is 5.91 Å². The minimum atomic E-state index is -0.640. The van der Waals surface area contributed by atoms with E-state index in [9.17, 15) is 9.18 Å². The third kappa shape index (κ3) is 3.58. The van der Waals surface area contributed by atoms with Gasteiger partial charge in [-0.25, -0.2) is 4.39 Å². The van der Waals surface area contributed by atoms with Gasteiger partial charge in [0.25, 0.3) is 0 Å². The normalized spacial score (nSPS) is 11.8. The van der Waals surface area contributed by atoms with E-state index in [1.165, 1.54) is 12.1 Å². The highest BCUT2D eigenvalue weighted by molar-refractivity contribution is 5.92. The molecule has 1 aromatic rings. The van der Waals surface area contributed by atoms with Crippen LogP contribution < -0.4 is 11.1 Å². The second-order valence-corrected chi connectivity index (χ2v) is 3.68. The van der Waals surface area contributed by atoms with Crippen LogP contribution >= 0.6 is 0 Å². The summed E-state index contributed by atoms with van der Waals surface area (Å²) in [5, 5.41) is 3.03.